The molecule has 1 aromatic rings. The number of anilines is 1. The topological polar surface area (TPSA) is 113 Å². The summed E-state index contributed by atoms with van der Waals surface area (Å²) in [6.07, 6.45) is 2.97. The van der Waals surface area contributed by atoms with E-state index in [1.54, 1.807) is 12.1 Å². The van der Waals surface area contributed by atoms with Gasteiger partial charge in [0.1, 0.15) is 0 Å². The van der Waals surface area contributed by atoms with Crippen molar-refractivity contribution >= 4 is 33.4 Å². The molecule has 1 saturated heterocycles. The van der Waals surface area contributed by atoms with E-state index in [0.717, 1.165) is 24.2 Å². The fourth-order valence-corrected chi connectivity index (χ4v) is 4.87. The minimum Gasteiger partial charge on any atom is -0.382 e. The maximum atomic E-state index is 12.9. The van der Waals surface area contributed by atoms with Gasteiger partial charge in [0.15, 0.2) is 5.37 Å². The predicted molar refractivity (Wildman–Crippen MR) is 88.3 cm³/mol. The number of sulfonamides is 1. The molecular formula is C16H17N3O5S. The van der Waals surface area contributed by atoms with Gasteiger partial charge in [0, 0.05) is 18.2 Å². The lowest BCUT2D eigenvalue weighted by atomic mass is 9.92. The molecule has 2 fully saturated rings. The maximum Gasteiger partial charge on any atom is 0.264 e. The summed E-state index contributed by atoms with van der Waals surface area (Å²) in [7, 11) is -4.10. The van der Waals surface area contributed by atoms with Crippen LogP contribution in [0, 0.1) is 0 Å². The fourth-order valence-electron chi connectivity index (χ4n) is 3.41. The van der Waals surface area contributed by atoms with Crippen LogP contribution in [-0.4, -0.2) is 42.5 Å². The summed E-state index contributed by atoms with van der Waals surface area (Å²) in [5.41, 5.74) is 0.966. The van der Waals surface area contributed by atoms with Crippen molar-refractivity contribution in [1.29, 1.82) is 0 Å². The van der Waals surface area contributed by atoms with Crippen LogP contribution in [0.25, 0.3) is 0 Å². The molecular weight excluding hydrogens is 346 g/mol. The third-order valence-electron chi connectivity index (χ3n) is 4.93. The lowest BCUT2D eigenvalue weighted by molar-refractivity contribution is -0.120. The minimum atomic E-state index is -4.10. The molecule has 3 aliphatic rings. The molecule has 2 heterocycles. The van der Waals surface area contributed by atoms with Gasteiger partial charge < -0.3 is 5.32 Å². The van der Waals surface area contributed by atoms with E-state index in [0.29, 0.717) is 5.69 Å². The lowest BCUT2D eigenvalue weighted by Crippen LogP contribution is -2.53. The predicted octanol–water partition coefficient (Wildman–Crippen LogP) is 0.813. The molecule has 3 amide bonds. The molecule has 2 N–H and O–H groups in total. The minimum absolute atomic E-state index is 0.0511. The monoisotopic (exact) mass is 363 g/mol. The van der Waals surface area contributed by atoms with E-state index in [-0.39, 0.29) is 30.0 Å². The molecule has 1 aromatic carbocycles. The first-order valence-corrected chi connectivity index (χ1v) is 9.75. The van der Waals surface area contributed by atoms with E-state index in [1.165, 1.54) is 6.07 Å². The highest BCUT2D eigenvalue weighted by Crippen LogP contribution is 2.35. The maximum absolute atomic E-state index is 12.9. The number of nitrogens with zero attached hydrogens (tertiary/aromatic N) is 1. The molecule has 0 spiro atoms. The van der Waals surface area contributed by atoms with Gasteiger partial charge in [-0.25, -0.2) is 8.42 Å². The average molecular weight is 363 g/mol. The Bertz CT molecular complexity index is 891. The van der Waals surface area contributed by atoms with Crippen LogP contribution in [0.15, 0.2) is 18.2 Å². The van der Waals surface area contributed by atoms with Crippen LogP contribution < -0.4 is 10.0 Å². The summed E-state index contributed by atoms with van der Waals surface area (Å²) < 4.78 is 26.4. The molecule has 9 heteroatoms. The second kappa shape index (κ2) is 5.55. The van der Waals surface area contributed by atoms with E-state index < -0.39 is 33.1 Å². The molecule has 2 aliphatic heterocycles. The van der Waals surface area contributed by atoms with Gasteiger partial charge in [0.2, 0.25) is 5.91 Å². The van der Waals surface area contributed by atoms with Gasteiger partial charge in [-0.15, -0.1) is 0 Å². The number of carbonyl (C=O) groups is 3. The van der Waals surface area contributed by atoms with Crippen molar-refractivity contribution in [1.82, 2.24) is 9.62 Å². The van der Waals surface area contributed by atoms with E-state index in [9.17, 15) is 22.8 Å². The van der Waals surface area contributed by atoms with Gasteiger partial charge >= 0.3 is 0 Å². The van der Waals surface area contributed by atoms with Crippen LogP contribution >= 0.6 is 0 Å². The average Bonchev–Trinajstić information content (AvgIpc) is 2.75. The Hall–Kier alpha value is -2.42. The second-order valence-electron chi connectivity index (χ2n) is 6.54. The number of amides is 3. The van der Waals surface area contributed by atoms with Crippen molar-refractivity contribution in [3.63, 3.8) is 0 Å². The van der Waals surface area contributed by atoms with Gasteiger partial charge in [-0.05, 0) is 37.8 Å². The Morgan fingerprint density at radius 1 is 1.08 bits per heavy atom. The normalized spacial score (nSPS) is 25.4. The summed E-state index contributed by atoms with van der Waals surface area (Å²) in [5.74, 6) is -1.89. The largest absolute Gasteiger partial charge is 0.382 e. The third-order valence-corrected chi connectivity index (χ3v) is 6.61. The number of benzene rings is 1. The van der Waals surface area contributed by atoms with Crippen molar-refractivity contribution in [2.75, 3.05) is 5.32 Å². The molecule has 25 heavy (non-hydrogen) atoms. The first-order valence-electron chi connectivity index (χ1n) is 8.20. The molecule has 0 aromatic heterocycles. The number of hydrogen-bond acceptors (Lipinski definition) is 6. The van der Waals surface area contributed by atoms with Gasteiger partial charge in [-0.2, -0.15) is 0 Å². The molecule has 132 valence electrons. The number of imide groups is 1. The Labute approximate surface area is 144 Å². The first-order chi connectivity index (χ1) is 11.9. The number of nitrogens with one attached hydrogen (secondary N) is 2. The highest BCUT2D eigenvalue weighted by molar-refractivity contribution is 7.90. The van der Waals surface area contributed by atoms with Gasteiger partial charge in [-0.3, -0.25) is 24.0 Å². The van der Waals surface area contributed by atoms with Crippen molar-refractivity contribution in [2.45, 2.75) is 43.5 Å². The van der Waals surface area contributed by atoms with Gasteiger partial charge in [0.25, 0.3) is 21.8 Å². The lowest BCUT2D eigenvalue weighted by Gasteiger charge is -2.29. The molecule has 8 nitrogen and oxygen atoms in total. The third kappa shape index (κ3) is 2.50. The van der Waals surface area contributed by atoms with Gasteiger partial charge in [0.05, 0.1) is 11.1 Å². The Kier molecular flexibility index (Phi) is 3.57. The molecule has 1 aliphatic carbocycles. The van der Waals surface area contributed by atoms with Crippen LogP contribution in [0.3, 0.4) is 0 Å². The van der Waals surface area contributed by atoms with Crippen LogP contribution in [-0.2, 0) is 14.8 Å². The van der Waals surface area contributed by atoms with E-state index in [2.05, 4.69) is 5.32 Å². The van der Waals surface area contributed by atoms with Gasteiger partial charge in [-0.1, -0.05) is 6.07 Å². The Morgan fingerprint density at radius 2 is 1.84 bits per heavy atom. The number of carbonyl (C=O) groups excluding carboxylic acids is 3. The van der Waals surface area contributed by atoms with Crippen LogP contribution in [0.4, 0.5) is 5.69 Å². The fraction of sp³-hybridized carbons (Fsp3) is 0.438. The van der Waals surface area contributed by atoms with E-state index in [1.807, 2.05) is 4.72 Å². The first kappa shape index (κ1) is 16.1. The molecule has 4 rings (SSSR count). The molecule has 0 bridgehead atoms. The number of rotatable bonds is 3. The van der Waals surface area contributed by atoms with Crippen LogP contribution in [0.1, 0.15) is 52.8 Å². The van der Waals surface area contributed by atoms with Crippen LogP contribution in [0.2, 0.25) is 0 Å². The number of fused-ring (bicyclic) bond motifs is 1. The zero-order valence-corrected chi connectivity index (χ0v) is 14.1. The highest BCUT2D eigenvalue weighted by Gasteiger charge is 2.48. The summed E-state index contributed by atoms with van der Waals surface area (Å²) >= 11 is 0. The van der Waals surface area contributed by atoms with Crippen molar-refractivity contribution < 1.29 is 22.8 Å². The Morgan fingerprint density at radius 3 is 2.48 bits per heavy atom. The standard InChI is InChI=1S/C16H17N3O5S/c20-12-7-8-13(25(23,24)18-12)19-15(21)10-5-2-6-11(14(10)16(19)22)17-9-3-1-4-9/h2,5-6,9,13,17H,1,3-4,7-8H2,(H,18,20). The zero-order chi connectivity index (χ0) is 17.8. The Balaban J connectivity index is 1.70. The summed E-state index contributed by atoms with van der Waals surface area (Å²) in [5, 5.41) is 1.90. The smallest absolute Gasteiger partial charge is 0.264 e. The quantitative estimate of drug-likeness (QED) is 0.769. The zero-order valence-electron chi connectivity index (χ0n) is 13.3. The molecule has 1 atom stereocenters. The SMILES string of the molecule is O=C1CCC(N2C(=O)c3cccc(NC4CCC4)c3C2=O)S(=O)(=O)N1. The molecule has 1 saturated carbocycles. The van der Waals surface area contributed by atoms with E-state index >= 15 is 0 Å². The highest BCUT2D eigenvalue weighted by atomic mass is 32.2. The molecule has 0 radical (unpaired) electrons. The van der Waals surface area contributed by atoms with Crippen molar-refractivity contribution in [3.05, 3.63) is 29.3 Å². The van der Waals surface area contributed by atoms with E-state index in [4.69, 9.17) is 0 Å². The van der Waals surface area contributed by atoms with Crippen molar-refractivity contribution in [2.24, 2.45) is 0 Å². The summed E-state index contributed by atoms with van der Waals surface area (Å²) in [6, 6.07) is 5.19. The summed E-state index contributed by atoms with van der Waals surface area (Å²) in [6.45, 7) is 0. The van der Waals surface area contributed by atoms with Crippen molar-refractivity contribution in [3.8, 4) is 0 Å². The van der Waals surface area contributed by atoms with Crippen LogP contribution in [0.5, 0.6) is 0 Å². The second-order valence-corrected chi connectivity index (χ2v) is 8.38. The molecule has 1 unspecified atom stereocenters. The summed E-state index contributed by atoms with van der Waals surface area (Å²) in [4.78, 5) is 37.7. The number of hydrogen-bond donors (Lipinski definition) is 2.